The lowest BCUT2D eigenvalue weighted by atomic mass is 10.1. The molecule has 1 amide bonds. The normalized spacial score (nSPS) is 12.9. The van der Waals surface area contributed by atoms with Gasteiger partial charge in [0.15, 0.2) is 5.82 Å². The smallest absolute Gasteiger partial charge is 0.474 e. The van der Waals surface area contributed by atoms with Gasteiger partial charge in [0, 0.05) is 30.4 Å². The first-order chi connectivity index (χ1) is 18.3. The van der Waals surface area contributed by atoms with Crippen LogP contribution in [-0.4, -0.2) is 45.7 Å². The number of carbonyl (C=O) groups is 1. The van der Waals surface area contributed by atoms with Gasteiger partial charge in [0.2, 0.25) is 5.28 Å². The molecule has 1 unspecified atom stereocenters. The second kappa shape index (κ2) is 12.4. The van der Waals surface area contributed by atoms with Crippen LogP contribution in [-0.2, 0) is 20.3 Å². The molecule has 0 aliphatic rings. The summed E-state index contributed by atoms with van der Waals surface area (Å²) in [5.41, 5.74) is -0.125. The Labute approximate surface area is 223 Å². The van der Waals surface area contributed by atoms with Crippen molar-refractivity contribution >= 4 is 32.9 Å². The zero-order valence-electron chi connectivity index (χ0n) is 19.9. The van der Waals surface area contributed by atoms with Gasteiger partial charge in [0.25, 0.3) is 0 Å². The molecule has 208 valence electrons. The van der Waals surface area contributed by atoms with Crippen molar-refractivity contribution in [2.24, 2.45) is 9.54 Å². The molecule has 2 aromatic carbocycles. The highest BCUT2D eigenvalue weighted by Gasteiger charge is 2.39. The molecule has 0 fully saturated rings. The molecular formula is C23H18ClF5N4O5S. The largest absolute Gasteiger partial charge is 0.493 e. The highest BCUT2D eigenvalue weighted by Crippen LogP contribution is 2.32. The summed E-state index contributed by atoms with van der Waals surface area (Å²) in [5.74, 6) is -4.46. The molecule has 9 nitrogen and oxygen atoms in total. The third-order valence-corrected chi connectivity index (χ3v) is 6.34. The van der Waals surface area contributed by atoms with E-state index in [9.17, 15) is 35.9 Å². The van der Waals surface area contributed by atoms with Crippen LogP contribution >= 0.6 is 11.6 Å². The Kier molecular flexibility index (Phi) is 9.50. The second-order valence-corrected chi connectivity index (χ2v) is 10.7. The third-order valence-electron chi connectivity index (χ3n) is 4.74. The summed E-state index contributed by atoms with van der Waals surface area (Å²) in [6.45, 7) is -0.0465. The van der Waals surface area contributed by atoms with E-state index in [0.717, 1.165) is 24.6 Å². The van der Waals surface area contributed by atoms with Gasteiger partial charge >= 0.3 is 12.1 Å². The van der Waals surface area contributed by atoms with E-state index in [1.165, 1.54) is 24.3 Å². The number of halogens is 6. The topological polar surface area (TPSA) is 120 Å². The maximum atomic E-state index is 14.2. The molecular weight excluding hydrogens is 575 g/mol. The van der Waals surface area contributed by atoms with E-state index in [-0.39, 0.29) is 58.9 Å². The highest BCUT2D eigenvalue weighted by atomic mass is 35.5. The van der Waals surface area contributed by atoms with Gasteiger partial charge in [-0.3, -0.25) is 4.79 Å². The van der Waals surface area contributed by atoms with Gasteiger partial charge in [-0.05, 0) is 46.6 Å². The number of aromatic nitrogens is 2. The van der Waals surface area contributed by atoms with E-state index in [1.54, 1.807) is 0 Å². The Morgan fingerprint density at radius 1 is 1.10 bits per heavy atom. The van der Waals surface area contributed by atoms with E-state index in [1.807, 2.05) is 0 Å². The molecule has 0 N–H and O–H groups in total. The molecule has 0 saturated heterocycles. The molecule has 0 saturated carbocycles. The summed E-state index contributed by atoms with van der Waals surface area (Å²) in [4.78, 5) is 29.5. The Bertz CT molecular complexity index is 1510. The molecule has 0 aliphatic heterocycles. The van der Waals surface area contributed by atoms with Crippen LogP contribution in [0, 0.1) is 16.5 Å². The quantitative estimate of drug-likeness (QED) is 0.122. The molecule has 1 heterocycles. The Morgan fingerprint density at radius 2 is 1.82 bits per heavy atom. The van der Waals surface area contributed by atoms with Gasteiger partial charge in [-0.25, -0.2) is 23.0 Å². The molecule has 16 heteroatoms. The lowest BCUT2D eigenvalue weighted by Crippen LogP contribution is -2.22. The number of hydrogen-bond acceptors (Lipinski definition) is 8. The molecule has 0 bridgehead atoms. The van der Waals surface area contributed by atoms with Crippen molar-refractivity contribution in [3.63, 3.8) is 0 Å². The van der Waals surface area contributed by atoms with E-state index in [2.05, 4.69) is 19.5 Å². The summed E-state index contributed by atoms with van der Waals surface area (Å²) in [6, 6.07) is 7.10. The average Bonchev–Trinajstić information content (AvgIpc) is 2.84. The van der Waals surface area contributed by atoms with Gasteiger partial charge in [-0.15, -0.1) is 4.91 Å². The van der Waals surface area contributed by atoms with Gasteiger partial charge in [-0.1, -0.05) is 0 Å². The zero-order chi connectivity index (χ0) is 28.8. The predicted molar refractivity (Wildman–Crippen MR) is 131 cm³/mol. The fourth-order valence-electron chi connectivity index (χ4n) is 3.21. The summed E-state index contributed by atoms with van der Waals surface area (Å²) < 4.78 is 91.7. The maximum Gasteiger partial charge on any atom is 0.474 e. The molecule has 3 rings (SSSR count). The number of benzene rings is 2. The Hall–Kier alpha value is -3.72. The molecule has 3 aromatic rings. The number of rotatable bonds is 10. The SMILES string of the molecule is CS(=O)(Cc1cc(N=O)cc(OCCCOc2cc(F)ccc2-c2nc(Cl)ncc2F)c1)=NC(=O)C(F)(F)F. The zero-order valence-corrected chi connectivity index (χ0v) is 21.4. The van der Waals surface area contributed by atoms with Gasteiger partial charge in [0.1, 0.15) is 28.7 Å². The average molecular weight is 593 g/mol. The van der Waals surface area contributed by atoms with Crippen LogP contribution in [0.3, 0.4) is 0 Å². The number of ether oxygens (including phenoxy) is 2. The van der Waals surface area contributed by atoms with E-state index in [4.69, 9.17) is 21.1 Å². The van der Waals surface area contributed by atoms with Crippen LogP contribution in [0.15, 0.2) is 52.1 Å². The summed E-state index contributed by atoms with van der Waals surface area (Å²) in [5, 5.41) is 2.53. The van der Waals surface area contributed by atoms with Crippen molar-refractivity contribution < 1.29 is 40.4 Å². The minimum Gasteiger partial charge on any atom is -0.493 e. The number of hydrogen-bond donors (Lipinski definition) is 0. The first kappa shape index (κ1) is 29.8. The molecule has 1 aromatic heterocycles. The first-order valence-electron chi connectivity index (χ1n) is 10.8. The summed E-state index contributed by atoms with van der Waals surface area (Å²) >= 11 is 5.73. The lowest BCUT2D eigenvalue weighted by molar-refractivity contribution is -0.169. The number of amides is 1. The Morgan fingerprint density at radius 3 is 2.51 bits per heavy atom. The highest BCUT2D eigenvalue weighted by molar-refractivity contribution is 7.92. The number of nitrogens with zero attached hydrogens (tertiary/aromatic N) is 4. The van der Waals surface area contributed by atoms with Gasteiger partial charge < -0.3 is 9.47 Å². The number of alkyl halides is 3. The predicted octanol–water partition coefficient (Wildman–Crippen LogP) is 6.01. The minimum atomic E-state index is -5.27. The lowest BCUT2D eigenvalue weighted by Gasteiger charge is -2.13. The summed E-state index contributed by atoms with van der Waals surface area (Å²) in [7, 11) is -3.64. The van der Waals surface area contributed by atoms with Crippen LogP contribution in [0.4, 0.5) is 27.6 Å². The first-order valence-corrected chi connectivity index (χ1v) is 13.3. The van der Waals surface area contributed by atoms with E-state index >= 15 is 0 Å². The van der Waals surface area contributed by atoms with Gasteiger partial charge in [0.05, 0.1) is 34.9 Å². The minimum absolute atomic E-state index is 0.0153. The van der Waals surface area contributed by atoms with Crippen molar-refractivity contribution in [1.82, 2.24) is 9.97 Å². The van der Waals surface area contributed by atoms with Gasteiger partial charge in [-0.2, -0.15) is 17.5 Å². The van der Waals surface area contributed by atoms with Crippen molar-refractivity contribution in [2.45, 2.75) is 18.3 Å². The molecule has 0 spiro atoms. The molecule has 0 radical (unpaired) electrons. The van der Waals surface area contributed by atoms with Crippen LogP contribution in [0.5, 0.6) is 11.5 Å². The number of nitroso groups, excluding NO2 is 1. The monoisotopic (exact) mass is 592 g/mol. The van der Waals surface area contributed by atoms with E-state index < -0.39 is 39.2 Å². The van der Waals surface area contributed by atoms with Crippen molar-refractivity contribution in [2.75, 3.05) is 19.5 Å². The molecule has 0 aliphatic carbocycles. The maximum absolute atomic E-state index is 14.2. The standard InChI is InChI=1S/C23H18ClF5N4O5S/c1-39(36,33-21(34)23(27,28)29)12-13-7-15(32-35)10-16(8-13)37-5-2-6-38-19-9-14(25)3-4-17(19)20-18(26)11-30-22(24)31-20/h3-4,7-11H,2,5-6,12H2,1H3. The van der Waals surface area contributed by atoms with Crippen molar-refractivity contribution in [1.29, 1.82) is 0 Å². The third kappa shape index (κ3) is 8.64. The fraction of sp³-hybridized carbons (Fsp3) is 0.261. The van der Waals surface area contributed by atoms with Crippen LogP contribution in [0.1, 0.15) is 12.0 Å². The van der Waals surface area contributed by atoms with E-state index in [0.29, 0.717) is 0 Å². The summed E-state index contributed by atoms with van der Waals surface area (Å²) in [6.07, 6.45) is -3.33. The number of carbonyl (C=O) groups excluding carboxylic acids is 1. The van der Waals surface area contributed by atoms with Crippen molar-refractivity contribution in [3.8, 4) is 22.8 Å². The van der Waals surface area contributed by atoms with Crippen LogP contribution in [0.2, 0.25) is 5.28 Å². The van der Waals surface area contributed by atoms with Crippen molar-refractivity contribution in [3.05, 3.63) is 70.0 Å². The molecule has 1 atom stereocenters. The molecule has 39 heavy (non-hydrogen) atoms. The second-order valence-electron chi connectivity index (χ2n) is 7.95. The Balaban J connectivity index is 1.66. The van der Waals surface area contributed by atoms with Crippen LogP contribution < -0.4 is 9.47 Å². The fourth-order valence-corrected chi connectivity index (χ4v) is 4.65. The van der Waals surface area contributed by atoms with Crippen LogP contribution in [0.25, 0.3) is 11.3 Å².